The monoisotopic (exact) mass is 703 g/mol. The van der Waals surface area contributed by atoms with Gasteiger partial charge in [0.15, 0.2) is 11.6 Å². The normalized spacial score (nSPS) is 17.1. The lowest BCUT2D eigenvalue weighted by Crippen LogP contribution is -2.27. The van der Waals surface area contributed by atoms with Crippen molar-refractivity contribution in [3.63, 3.8) is 0 Å². The quantitative estimate of drug-likeness (QED) is 0.179. The number of nitrogens with zero attached hydrogens (tertiary/aromatic N) is 3. The molecule has 3 nitrogen and oxygen atoms in total. The molecule has 11 rings (SSSR count). The minimum Gasteiger partial charge on any atom is -0.212 e. The molecule has 1 spiro atoms. The zero-order valence-electron chi connectivity index (χ0n) is 30.4. The lowest BCUT2D eigenvalue weighted by Gasteiger charge is -2.33. The lowest BCUT2D eigenvalue weighted by atomic mass is 9.68. The Balaban J connectivity index is 1.02. The van der Waals surface area contributed by atoms with Crippen LogP contribution in [0.2, 0.25) is 0 Å². The molecule has 0 radical (unpaired) electrons. The van der Waals surface area contributed by atoms with Crippen molar-refractivity contribution in [3.8, 4) is 45.0 Å². The van der Waals surface area contributed by atoms with Crippen LogP contribution < -0.4 is 0 Å². The Morgan fingerprint density at radius 1 is 0.491 bits per heavy atom. The molecule has 0 bridgehead atoms. The highest BCUT2D eigenvalue weighted by atomic mass is 15.0. The topological polar surface area (TPSA) is 38.7 Å². The molecule has 1 aromatic heterocycles. The van der Waals surface area contributed by atoms with Gasteiger partial charge in [-0.3, -0.25) is 0 Å². The van der Waals surface area contributed by atoms with Crippen molar-refractivity contribution in [3.05, 3.63) is 221 Å². The van der Waals surface area contributed by atoms with Crippen LogP contribution in [0.25, 0.3) is 56.2 Å². The first-order chi connectivity index (χ1) is 27.3. The maximum Gasteiger partial charge on any atom is 0.163 e. The average molecular weight is 704 g/mol. The largest absolute Gasteiger partial charge is 0.212 e. The summed E-state index contributed by atoms with van der Waals surface area (Å²) in [5.74, 6) is 2.19. The Bertz CT molecular complexity index is 2680. The van der Waals surface area contributed by atoms with E-state index in [0.29, 0.717) is 11.6 Å². The van der Waals surface area contributed by atoms with Crippen LogP contribution in [-0.2, 0) is 5.41 Å². The van der Waals surface area contributed by atoms with Crippen molar-refractivity contribution in [1.82, 2.24) is 15.0 Å². The molecule has 55 heavy (non-hydrogen) atoms. The number of rotatable bonds is 5. The van der Waals surface area contributed by atoms with Gasteiger partial charge in [-0.15, -0.1) is 0 Å². The van der Waals surface area contributed by atoms with Gasteiger partial charge in [0.2, 0.25) is 0 Å². The third kappa shape index (κ3) is 4.93. The molecule has 0 N–H and O–H groups in total. The molecule has 0 amide bonds. The molecule has 7 aromatic rings. The molecular formula is C52H37N3. The molecule has 0 aliphatic heterocycles. The van der Waals surface area contributed by atoms with Crippen molar-refractivity contribution in [2.75, 3.05) is 0 Å². The van der Waals surface area contributed by atoms with E-state index in [-0.39, 0.29) is 11.3 Å². The smallest absolute Gasteiger partial charge is 0.163 e. The number of allylic oxidation sites excluding steroid dienone is 8. The Labute approximate surface area is 321 Å². The third-order valence-corrected chi connectivity index (χ3v) is 11.9. The number of hydrogen-bond acceptors (Lipinski definition) is 3. The summed E-state index contributed by atoms with van der Waals surface area (Å²) in [7, 11) is 0. The molecule has 1 unspecified atom stereocenters. The summed E-state index contributed by atoms with van der Waals surface area (Å²) in [6.07, 6.45) is 14.6. The van der Waals surface area contributed by atoms with E-state index in [1.165, 1.54) is 66.8 Å². The molecule has 1 heterocycles. The van der Waals surface area contributed by atoms with E-state index in [1.54, 1.807) is 0 Å². The van der Waals surface area contributed by atoms with Gasteiger partial charge in [0, 0.05) is 17.0 Å². The highest BCUT2D eigenvalue weighted by Gasteiger charge is 2.54. The number of hydrogen-bond donors (Lipinski definition) is 0. The van der Waals surface area contributed by atoms with E-state index in [1.807, 2.05) is 36.4 Å². The molecule has 0 saturated carbocycles. The van der Waals surface area contributed by atoms with Crippen LogP contribution in [-0.4, -0.2) is 15.0 Å². The van der Waals surface area contributed by atoms with Gasteiger partial charge < -0.3 is 0 Å². The van der Waals surface area contributed by atoms with Gasteiger partial charge in [0.25, 0.3) is 0 Å². The first-order valence-corrected chi connectivity index (χ1v) is 19.4. The summed E-state index contributed by atoms with van der Waals surface area (Å²) < 4.78 is 0. The minimum absolute atomic E-state index is 0.00862. The standard InChI is InChI=1S/C52H37N3/c1-3-16-34(17-4-1)49-53-50(35-18-5-2-6-19-35)55-51(54-49)39-23-14-21-37(33-39)36-20-13-22-38(32-36)40-27-15-28-44-43-26-9-12-31-47(43)52(48(40)44)45-29-10-7-24-41(45)42-25-8-11-30-46(42)52/h1-8,10-11,13-32,39H,9,12,33H2. The van der Waals surface area contributed by atoms with Gasteiger partial charge in [0.1, 0.15) is 5.82 Å². The summed E-state index contributed by atoms with van der Waals surface area (Å²) in [6, 6.07) is 54.8. The summed E-state index contributed by atoms with van der Waals surface area (Å²) >= 11 is 0. The van der Waals surface area contributed by atoms with Gasteiger partial charge in [-0.2, -0.15) is 0 Å². The maximum atomic E-state index is 5.09. The van der Waals surface area contributed by atoms with E-state index in [9.17, 15) is 0 Å². The summed E-state index contributed by atoms with van der Waals surface area (Å²) in [4.78, 5) is 15.1. The highest BCUT2D eigenvalue weighted by molar-refractivity contribution is 6.03. The predicted molar refractivity (Wildman–Crippen MR) is 224 cm³/mol. The maximum absolute atomic E-state index is 5.09. The third-order valence-electron chi connectivity index (χ3n) is 11.9. The van der Waals surface area contributed by atoms with Crippen molar-refractivity contribution >= 4 is 11.1 Å². The van der Waals surface area contributed by atoms with Crippen LogP contribution in [0.3, 0.4) is 0 Å². The highest BCUT2D eigenvalue weighted by Crippen LogP contribution is 2.66. The Morgan fingerprint density at radius 3 is 1.76 bits per heavy atom. The lowest BCUT2D eigenvalue weighted by molar-refractivity contribution is 0.773. The van der Waals surface area contributed by atoms with E-state index in [2.05, 4.69) is 146 Å². The van der Waals surface area contributed by atoms with Gasteiger partial charge in [-0.05, 0) is 92.1 Å². The van der Waals surface area contributed by atoms with Gasteiger partial charge in [-0.1, -0.05) is 176 Å². The zero-order chi connectivity index (χ0) is 36.3. The van der Waals surface area contributed by atoms with Crippen LogP contribution >= 0.6 is 0 Å². The number of fused-ring (bicyclic) bond motifs is 10. The number of aromatic nitrogens is 3. The van der Waals surface area contributed by atoms with Crippen LogP contribution in [0.4, 0.5) is 0 Å². The fourth-order valence-corrected chi connectivity index (χ4v) is 9.58. The molecule has 0 fully saturated rings. The molecular weight excluding hydrogens is 667 g/mol. The Kier molecular flexibility index (Phi) is 7.34. The zero-order valence-corrected chi connectivity index (χ0v) is 30.4. The second kappa shape index (κ2) is 12.7. The van der Waals surface area contributed by atoms with Crippen molar-refractivity contribution in [1.29, 1.82) is 0 Å². The van der Waals surface area contributed by atoms with E-state index in [4.69, 9.17) is 15.0 Å². The van der Waals surface area contributed by atoms with E-state index < -0.39 is 0 Å². The second-order valence-corrected chi connectivity index (χ2v) is 14.9. The molecule has 0 saturated heterocycles. The Morgan fingerprint density at radius 2 is 1.05 bits per heavy atom. The van der Waals surface area contributed by atoms with Gasteiger partial charge >= 0.3 is 0 Å². The fraction of sp³-hybridized carbons (Fsp3) is 0.0962. The average Bonchev–Trinajstić information content (AvgIpc) is 3.74. The predicted octanol–water partition coefficient (Wildman–Crippen LogP) is 12.4. The first kappa shape index (κ1) is 31.8. The second-order valence-electron chi connectivity index (χ2n) is 14.9. The summed E-state index contributed by atoms with van der Waals surface area (Å²) in [6.45, 7) is 0. The van der Waals surface area contributed by atoms with Crippen molar-refractivity contribution in [2.45, 2.75) is 30.6 Å². The van der Waals surface area contributed by atoms with Crippen molar-refractivity contribution < 1.29 is 0 Å². The molecule has 6 aromatic carbocycles. The van der Waals surface area contributed by atoms with E-state index >= 15 is 0 Å². The minimum atomic E-state index is -0.356. The van der Waals surface area contributed by atoms with E-state index in [0.717, 1.165) is 36.2 Å². The number of benzene rings is 6. The molecule has 4 aliphatic carbocycles. The Hall–Kier alpha value is -6.71. The van der Waals surface area contributed by atoms with Crippen molar-refractivity contribution in [2.24, 2.45) is 0 Å². The molecule has 1 atom stereocenters. The summed E-state index contributed by atoms with van der Waals surface area (Å²) in [5.41, 5.74) is 17.7. The van der Waals surface area contributed by atoms with Crippen LogP contribution in [0.15, 0.2) is 188 Å². The van der Waals surface area contributed by atoms with Crippen LogP contribution in [0.1, 0.15) is 58.8 Å². The SMILES string of the molecule is C1=CC(c2nc(-c3ccccc3)nc(-c3ccccc3)n2)CC(c2cccc(-c3cccc4c3C3(C5=CCCC=C54)c4ccccc4-c4ccccc43)c2)=C1. The van der Waals surface area contributed by atoms with Gasteiger partial charge in [0.05, 0.1) is 5.41 Å². The van der Waals surface area contributed by atoms with Gasteiger partial charge in [-0.25, -0.2) is 15.0 Å². The van der Waals surface area contributed by atoms with Crippen LogP contribution in [0, 0.1) is 0 Å². The molecule has 3 heteroatoms. The molecule has 4 aliphatic rings. The first-order valence-electron chi connectivity index (χ1n) is 19.4. The summed E-state index contributed by atoms with van der Waals surface area (Å²) in [5, 5.41) is 0. The molecule has 260 valence electrons. The fourth-order valence-electron chi connectivity index (χ4n) is 9.58. The van der Waals surface area contributed by atoms with Crippen LogP contribution in [0.5, 0.6) is 0 Å².